The SMILES string of the molecule is CC(=O)NCCCCCC([C@@H]1CN[C@H](Cc2ccccc2C(=O)O)CO1)[PH](=O)O. The largest absolute Gasteiger partial charge is 0.478 e. The Bertz CT molecular complexity index is 706. The minimum absolute atomic E-state index is 0.0360. The van der Waals surface area contributed by atoms with E-state index >= 15 is 0 Å². The molecule has 29 heavy (non-hydrogen) atoms. The van der Waals surface area contributed by atoms with Crippen LogP contribution in [0.3, 0.4) is 0 Å². The number of carbonyl (C=O) groups excluding carboxylic acids is 1. The van der Waals surface area contributed by atoms with E-state index in [2.05, 4.69) is 10.6 Å². The van der Waals surface area contributed by atoms with Crippen LogP contribution in [0.25, 0.3) is 0 Å². The van der Waals surface area contributed by atoms with E-state index in [-0.39, 0.29) is 23.6 Å². The number of hydrogen-bond donors (Lipinski definition) is 4. The zero-order chi connectivity index (χ0) is 21.2. The second kappa shape index (κ2) is 12.1. The van der Waals surface area contributed by atoms with Crippen LogP contribution in [0.15, 0.2) is 24.3 Å². The van der Waals surface area contributed by atoms with Crippen molar-refractivity contribution >= 4 is 19.9 Å². The summed E-state index contributed by atoms with van der Waals surface area (Å²) in [5.74, 6) is -1.00. The third kappa shape index (κ3) is 7.90. The average molecular weight is 426 g/mol. The molecule has 0 radical (unpaired) electrons. The smallest absolute Gasteiger partial charge is 0.335 e. The number of rotatable bonds is 11. The number of ether oxygens (including phenoxy) is 1. The highest BCUT2D eigenvalue weighted by atomic mass is 31.1. The topological polar surface area (TPSA) is 125 Å². The highest BCUT2D eigenvalue weighted by Gasteiger charge is 2.31. The Morgan fingerprint density at radius 1 is 1.31 bits per heavy atom. The first-order valence-electron chi connectivity index (χ1n) is 10.0. The molecule has 1 saturated heterocycles. The first-order chi connectivity index (χ1) is 13.9. The standard InChI is InChI=1S/C20H31N2O6P/c1-14(23)21-10-6-2-3-9-19(29(26)27)18-12-22-16(13-28-18)11-15-7-4-5-8-17(15)20(24)25/h4-5,7-8,16,18-19,22,29H,2-3,6,9-13H2,1H3,(H,21,23)(H,24,25)(H,26,27)/t16-,18+,19?/m1/s1. The van der Waals surface area contributed by atoms with E-state index < -0.39 is 19.7 Å². The van der Waals surface area contributed by atoms with Crippen molar-refractivity contribution in [1.29, 1.82) is 0 Å². The van der Waals surface area contributed by atoms with E-state index in [9.17, 15) is 24.2 Å². The van der Waals surface area contributed by atoms with Gasteiger partial charge in [-0.25, -0.2) is 4.79 Å². The van der Waals surface area contributed by atoms with Crippen LogP contribution < -0.4 is 10.6 Å². The van der Waals surface area contributed by atoms with Crippen molar-refractivity contribution in [2.75, 3.05) is 19.7 Å². The quantitative estimate of drug-likeness (QED) is 0.314. The number of carboxylic acid groups (broad SMARTS) is 1. The van der Waals surface area contributed by atoms with Gasteiger partial charge >= 0.3 is 5.97 Å². The predicted octanol–water partition coefficient (Wildman–Crippen LogP) is 1.82. The number of unbranched alkanes of at least 4 members (excludes halogenated alkanes) is 2. The number of carbonyl (C=O) groups is 2. The number of aromatic carboxylic acids is 1. The first-order valence-corrected chi connectivity index (χ1v) is 11.4. The van der Waals surface area contributed by atoms with Gasteiger partial charge in [-0.2, -0.15) is 0 Å². The van der Waals surface area contributed by atoms with Crippen molar-refractivity contribution in [3.8, 4) is 0 Å². The van der Waals surface area contributed by atoms with Gasteiger partial charge in [0.15, 0.2) is 8.03 Å². The molecule has 2 rings (SSSR count). The molecule has 0 aliphatic carbocycles. The molecule has 1 aromatic rings. The van der Waals surface area contributed by atoms with Crippen molar-refractivity contribution in [1.82, 2.24) is 10.6 Å². The lowest BCUT2D eigenvalue weighted by Crippen LogP contribution is -2.50. The summed E-state index contributed by atoms with van der Waals surface area (Å²) in [7, 11) is -2.73. The molecule has 9 heteroatoms. The van der Waals surface area contributed by atoms with Crippen molar-refractivity contribution < 1.29 is 28.9 Å². The predicted molar refractivity (Wildman–Crippen MR) is 111 cm³/mol. The lowest BCUT2D eigenvalue weighted by Gasteiger charge is -2.34. The maximum Gasteiger partial charge on any atom is 0.335 e. The van der Waals surface area contributed by atoms with Crippen molar-refractivity contribution in [3.05, 3.63) is 35.4 Å². The van der Waals surface area contributed by atoms with Gasteiger partial charge in [-0.15, -0.1) is 0 Å². The Morgan fingerprint density at radius 3 is 2.69 bits per heavy atom. The summed E-state index contributed by atoms with van der Waals surface area (Å²) < 4.78 is 17.8. The third-order valence-electron chi connectivity index (χ3n) is 5.17. The van der Waals surface area contributed by atoms with Gasteiger partial charge in [0, 0.05) is 26.1 Å². The maximum absolute atomic E-state index is 11.9. The molecule has 1 amide bonds. The molecule has 1 heterocycles. The lowest BCUT2D eigenvalue weighted by molar-refractivity contribution is -0.118. The number of nitrogens with one attached hydrogen (secondary N) is 2. The van der Waals surface area contributed by atoms with E-state index in [4.69, 9.17) is 4.74 Å². The fourth-order valence-electron chi connectivity index (χ4n) is 3.60. The van der Waals surface area contributed by atoms with Crippen molar-refractivity contribution in [2.45, 2.75) is 56.8 Å². The van der Waals surface area contributed by atoms with Gasteiger partial charge in [-0.1, -0.05) is 31.0 Å². The van der Waals surface area contributed by atoms with Gasteiger partial charge in [0.05, 0.1) is 23.9 Å². The molecule has 0 aromatic heterocycles. The number of hydrogen-bond acceptors (Lipinski definition) is 5. The number of carboxylic acids is 1. The Labute approximate surface area is 171 Å². The van der Waals surface area contributed by atoms with Gasteiger partial charge in [-0.3, -0.25) is 9.36 Å². The normalized spacial score (nSPS) is 21.3. The van der Waals surface area contributed by atoms with Crippen LogP contribution in [-0.2, 0) is 20.5 Å². The molecule has 4 N–H and O–H groups in total. The summed E-state index contributed by atoms with van der Waals surface area (Å²) in [4.78, 5) is 31.9. The molecule has 0 spiro atoms. The van der Waals surface area contributed by atoms with Gasteiger partial charge < -0.3 is 25.4 Å². The molecule has 8 nitrogen and oxygen atoms in total. The van der Waals surface area contributed by atoms with Crippen LogP contribution in [0.2, 0.25) is 0 Å². The second-order valence-corrected chi connectivity index (χ2v) is 8.84. The van der Waals surface area contributed by atoms with E-state index in [1.807, 2.05) is 6.07 Å². The first kappa shape index (κ1) is 23.5. The zero-order valence-corrected chi connectivity index (χ0v) is 17.7. The fourth-order valence-corrected chi connectivity index (χ4v) is 4.58. The molecule has 162 valence electrons. The molecule has 0 saturated carbocycles. The van der Waals surface area contributed by atoms with E-state index in [1.54, 1.807) is 18.2 Å². The average Bonchev–Trinajstić information content (AvgIpc) is 2.68. The molecular formula is C20H31N2O6P. The van der Waals surface area contributed by atoms with Gasteiger partial charge in [0.2, 0.25) is 5.91 Å². The molecular weight excluding hydrogens is 395 g/mol. The molecule has 0 bridgehead atoms. The number of amides is 1. The Morgan fingerprint density at radius 2 is 2.07 bits per heavy atom. The zero-order valence-electron chi connectivity index (χ0n) is 16.7. The lowest BCUT2D eigenvalue weighted by atomic mass is 9.99. The molecule has 1 aliphatic rings. The minimum atomic E-state index is -2.73. The maximum atomic E-state index is 11.9. The van der Waals surface area contributed by atoms with E-state index in [0.29, 0.717) is 32.5 Å². The highest BCUT2D eigenvalue weighted by molar-refractivity contribution is 7.39. The summed E-state index contributed by atoms with van der Waals surface area (Å²) in [5.41, 5.74) is 0.625. The number of morpholine rings is 1. The second-order valence-electron chi connectivity index (χ2n) is 7.42. The van der Waals surface area contributed by atoms with Gasteiger partial charge in [0.1, 0.15) is 0 Å². The van der Waals surface area contributed by atoms with Crippen LogP contribution in [-0.4, -0.2) is 59.4 Å². The van der Waals surface area contributed by atoms with Crippen LogP contribution >= 0.6 is 8.03 Å². The van der Waals surface area contributed by atoms with Crippen LogP contribution in [0.5, 0.6) is 0 Å². The Hall–Kier alpha value is -1.73. The molecule has 1 aliphatic heterocycles. The Kier molecular flexibility index (Phi) is 9.81. The number of benzene rings is 1. The van der Waals surface area contributed by atoms with Crippen molar-refractivity contribution in [3.63, 3.8) is 0 Å². The minimum Gasteiger partial charge on any atom is -0.478 e. The van der Waals surface area contributed by atoms with Gasteiger partial charge in [0.25, 0.3) is 0 Å². The van der Waals surface area contributed by atoms with Crippen LogP contribution in [0, 0.1) is 0 Å². The summed E-state index contributed by atoms with van der Waals surface area (Å²) in [6.07, 6.45) is 3.32. The molecule has 4 atom stereocenters. The van der Waals surface area contributed by atoms with Crippen LogP contribution in [0.4, 0.5) is 0 Å². The van der Waals surface area contributed by atoms with Crippen molar-refractivity contribution in [2.24, 2.45) is 0 Å². The summed E-state index contributed by atoms with van der Waals surface area (Å²) in [5, 5.41) is 15.4. The fraction of sp³-hybridized carbons (Fsp3) is 0.600. The molecule has 1 aromatic carbocycles. The third-order valence-corrected chi connectivity index (χ3v) is 6.46. The van der Waals surface area contributed by atoms with Gasteiger partial charge in [-0.05, 0) is 30.9 Å². The summed E-state index contributed by atoms with van der Waals surface area (Å²) in [6.45, 7) is 2.93. The van der Waals surface area contributed by atoms with E-state index in [0.717, 1.165) is 24.8 Å². The molecule has 2 unspecified atom stereocenters. The van der Waals surface area contributed by atoms with Crippen LogP contribution in [0.1, 0.15) is 48.5 Å². The summed E-state index contributed by atoms with van der Waals surface area (Å²) in [6, 6.07) is 6.87. The monoisotopic (exact) mass is 426 g/mol. The Balaban J connectivity index is 1.79. The summed E-state index contributed by atoms with van der Waals surface area (Å²) >= 11 is 0. The highest BCUT2D eigenvalue weighted by Crippen LogP contribution is 2.32. The van der Waals surface area contributed by atoms with E-state index in [1.165, 1.54) is 6.92 Å². The molecule has 1 fully saturated rings.